The van der Waals surface area contributed by atoms with Crippen molar-refractivity contribution < 1.29 is 19.1 Å². The molecule has 0 saturated carbocycles. The summed E-state index contributed by atoms with van der Waals surface area (Å²) in [7, 11) is 0. The second kappa shape index (κ2) is 24.2. The Morgan fingerprint density at radius 3 is 1.17 bits per heavy atom. The van der Waals surface area contributed by atoms with E-state index in [9.17, 15) is 9.59 Å². The lowest BCUT2D eigenvalue weighted by atomic mass is 10.1. The fourth-order valence-electron chi connectivity index (χ4n) is 3.53. The van der Waals surface area contributed by atoms with Crippen LogP contribution < -0.4 is 0 Å². The van der Waals surface area contributed by atoms with Crippen molar-refractivity contribution >= 4 is 11.9 Å². The van der Waals surface area contributed by atoms with Crippen molar-refractivity contribution in [3.63, 3.8) is 0 Å². The Labute approximate surface area is 186 Å². The van der Waals surface area contributed by atoms with Crippen molar-refractivity contribution in [2.45, 2.75) is 142 Å². The van der Waals surface area contributed by atoms with Gasteiger partial charge in [-0.3, -0.25) is 9.59 Å². The van der Waals surface area contributed by atoms with Gasteiger partial charge in [0.25, 0.3) is 0 Å². The monoisotopic (exact) mass is 426 g/mol. The fourth-order valence-corrected chi connectivity index (χ4v) is 3.53. The number of unbranched alkanes of at least 4 members (excludes halogenated alkanes) is 15. The van der Waals surface area contributed by atoms with Crippen molar-refractivity contribution in [2.24, 2.45) is 0 Å². The summed E-state index contributed by atoms with van der Waals surface area (Å²) >= 11 is 0. The van der Waals surface area contributed by atoms with Crippen LogP contribution in [0.3, 0.4) is 0 Å². The summed E-state index contributed by atoms with van der Waals surface area (Å²) in [6.07, 6.45) is 22.3. The molecule has 0 aliphatic carbocycles. The van der Waals surface area contributed by atoms with Gasteiger partial charge in [0.1, 0.15) is 0 Å². The van der Waals surface area contributed by atoms with Gasteiger partial charge in [0.15, 0.2) is 0 Å². The van der Waals surface area contributed by atoms with Crippen molar-refractivity contribution in [1.82, 2.24) is 0 Å². The standard InChI is InChI=1S/C26H50O4/c1-3-5-7-8-9-10-11-12-13-14-18-22-26(28)30-24-20-16-15-19-23-29-25(27)21-17-6-4-2/h3-24H2,1-2H3. The lowest BCUT2D eigenvalue weighted by molar-refractivity contribution is -0.145. The van der Waals surface area contributed by atoms with Gasteiger partial charge in [-0.15, -0.1) is 0 Å². The van der Waals surface area contributed by atoms with E-state index in [1.165, 1.54) is 57.8 Å². The van der Waals surface area contributed by atoms with E-state index in [0.717, 1.165) is 57.8 Å². The average molecular weight is 427 g/mol. The van der Waals surface area contributed by atoms with Crippen molar-refractivity contribution in [3.8, 4) is 0 Å². The van der Waals surface area contributed by atoms with Gasteiger partial charge in [-0.05, 0) is 38.5 Å². The van der Waals surface area contributed by atoms with E-state index in [2.05, 4.69) is 13.8 Å². The highest BCUT2D eigenvalue weighted by molar-refractivity contribution is 5.69. The van der Waals surface area contributed by atoms with Crippen molar-refractivity contribution in [1.29, 1.82) is 0 Å². The molecule has 0 radical (unpaired) electrons. The third-order valence-corrected chi connectivity index (χ3v) is 5.53. The predicted molar refractivity (Wildman–Crippen MR) is 126 cm³/mol. The zero-order valence-corrected chi connectivity index (χ0v) is 20.2. The maximum absolute atomic E-state index is 11.7. The lowest BCUT2D eigenvalue weighted by Crippen LogP contribution is -2.06. The second-order valence-corrected chi connectivity index (χ2v) is 8.60. The number of hydrogen-bond acceptors (Lipinski definition) is 4. The minimum absolute atomic E-state index is 0.0491. The number of hydrogen-bond donors (Lipinski definition) is 0. The summed E-state index contributed by atoms with van der Waals surface area (Å²) in [6.45, 7) is 5.42. The molecule has 0 atom stereocenters. The van der Waals surface area contributed by atoms with Crippen LogP contribution in [-0.2, 0) is 19.1 Å². The van der Waals surface area contributed by atoms with E-state index in [0.29, 0.717) is 26.1 Å². The van der Waals surface area contributed by atoms with E-state index < -0.39 is 0 Å². The van der Waals surface area contributed by atoms with Gasteiger partial charge in [0.2, 0.25) is 0 Å². The van der Waals surface area contributed by atoms with Crippen LogP contribution in [0.4, 0.5) is 0 Å². The second-order valence-electron chi connectivity index (χ2n) is 8.60. The summed E-state index contributed by atoms with van der Waals surface area (Å²) in [5.41, 5.74) is 0. The summed E-state index contributed by atoms with van der Waals surface area (Å²) in [5.74, 6) is -0.119. The molecule has 0 aliphatic rings. The lowest BCUT2D eigenvalue weighted by Gasteiger charge is -2.06. The Kier molecular flexibility index (Phi) is 23.4. The zero-order valence-electron chi connectivity index (χ0n) is 20.2. The van der Waals surface area contributed by atoms with Gasteiger partial charge in [0, 0.05) is 12.8 Å². The summed E-state index contributed by atoms with van der Waals surface area (Å²) in [6, 6.07) is 0. The summed E-state index contributed by atoms with van der Waals surface area (Å²) < 4.78 is 10.5. The van der Waals surface area contributed by atoms with Gasteiger partial charge in [-0.25, -0.2) is 0 Å². The molecule has 30 heavy (non-hydrogen) atoms. The van der Waals surface area contributed by atoms with Crippen LogP contribution in [0.15, 0.2) is 0 Å². The van der Waals surface area contributed by atoms with E-state index in [-0.39, 0.29) is 11.9 Å². The molecule has 0 rings (SSSR count). The SMILES string of the molecule is CCCCCCCCCCCCCC(=O)OCCCCCCOC(=O)CCCCC. The molecule has 0 N–H and O–H groups in total. The highest BCUT2D eigenvalue weighted by atomic mass is 16.5. The van der Waals surface area contributed by atoms with Crippen molar-refractivity contribution in [2.75, 3.05) is 13.2 Å². The number of rotatable bonds is 23. The zero-order chi connectivity index (χ0) is 22.1. The number of esters is 2. The van der Waals surface area contributed by atoms with E-state index in [1.807, 2.05) is 0 Å². The maximum atomic E-state index is 11.7. The molecular formula is C26H50O4. The van der Waals surface area contributed by atoms with E-state index in [4.69, 9.17) is 9.47 Å². The quantitative estimate of drug-likeness (QED) is 0.123. The summed E-state index contributed by atoms with van der Waals surface area (Å²) in [4.78, 5) is 23.2. The fraction of sp³-hybridized carbons (Fsp3) is 0.923. The molecule has 4 nitrogen and oxygen atoms in total. The van der Waals surface area contributed by atoms with Crippen molar-refractivity contribution in [3.05, 3.63) is 0 Å². The van der Waals surface area contributed by atoms with Crippen LogP contribution in [0.2, 0.25) is 0 Å². The molecule has 0 aromatic rings. The first-order valence-electron chi connectivity index (χ1n) is 13.0. The van der Waals surface area contributed by atoms with Gasteiger partial charge < -0.3 is 9.47 Å². The maximum Gasteiger partial charge on any atom is 0.305 e. The average Bonchev–Trinajstić information content (AvgIpc) is 2.74. The normalized spacial score (nSPS) is 10.9. The minimum Gasteiger partial charge on any atom is -0.466 e. The molecular weight excluding hydrogens is 376 g/mol. The Morgan fingerprint density at radius 2 is 0.733 bits per heavy atom. The van der Waals surface area contributed by atoms with Crippen LogP contribution in [0.25, 0.3) is 0 Å². The molecule has 0 bridgehead atoms. The van der Waals surface area contributed by atoms with Crippen LogP contribution in [-0.4, -0.2) is 25.2 Å². The molecule has 0 heterocycles. The summed E-state index contributed by atoms with van der Waals surface area (Å²) in [5, 5.41) is 0. The Morgan fingerprint density at radius 1 is 0.433 bits per heavy atom. The Bertz CT molecular complexity index is 381. The molecule has 0 aromatic carbocycles. The third kappa shape index (κ3) is 23.2. The molecule has 0 saturated heterocycles. The first-order valence-corrected chi connectivity index (χ1v) is 13.0. The molecule has 0 fully saturated rings. The van der Waals surface area contributed by atoms with Crippen LogP contribution in [0.1, 0.15) is 142 Å². The predicted octanol–water partition coefficient (Wildman–Crippen LogP) is 7.91. The van der Waals surface area contributed by atoms with Gasteiger partial charge in [-0.2, -0.15) is 0 Å². The molecule has 0 amide bonds. The topological polar surface area (TPSA) is 52.6 Å². The van der Waals surface area contributed by atoms with Crippen LogP contribution >= 0.6 is 0 Å². The minimum atomic E-state index is -0.0696. The first kappa shape index (κ1) is 28.9. The number of carbonyl (C=O) groups is 2. The Balaban J connectivity index is 3.23. The van der Waals surface area contributed by atoms with Gasteiger partial charge >= 0.3 is 11.9 Å². The molecule has 4 heteroatoms. The highest BCUT2D eigenvalue weighted by Gasteiger charge is 2.04. The molecule has 0 aromatic heterocycles. The number of carbonyl (C=O) groups excluding carboxylic acids is 2. The molecule has 0 unspecified atom stereocenters. The smallest absolute Gasteiger partial charge is 0.305 e. The third-order valence-electron chi connectivity index (χ3n) is 5.53. The first-order chi connectivity index (χ1) is 14.7. The van der Waals surface area contributed by atoms with Crippen LogP contribution in [0, 0.1) is 0 Å². The molecule has 0 spiro atoms. The number of ether oxygens (including phenoxy) is 2. The van der Waals surface area contributed by atoms with E-state index >= 15 is 0 Å². The largest absolute Gasteiger partial charge is 0.466 e. The Hall–Kier alpha value is -1.06. The molecule has 178 valence electrons. The molecule has 0 aliphatic heterocycles. The highest BCUT2D eigenvalue weighted by Crippen LogP contribution is 2.12. The van der Waals surface area contributed by atoms with Crippen LogP contribution in [0.5, 0.6) is 0 Å². The van der Waals surface area contributed by atoms with E-state index in [1.54, 1.807) is 0 Å². The van der Waals surface area contributed by atoms with Gasteiger partial charge in [-0.1, -0.05) is 90.9 Å². The van der Waals surface area contributed by atoms with Gasteiger partial charge in [0.05, 0.1) is 13.2 Å².